The first kappa shape index (κ1) is 13.8. The maximum absolute atomic E-state index is 4.28. The fourth-order valence-corrected chi connectivity index (χ4v) is 2.90. The minimum Gasteiger partial charge on any atom is -0.370 e. The second kappa shape index (κ2) is 7.10. The van der Waals surface area contributed by atoms with E-state index in [2.05, 4.69) is 44.1 Å². The molecule has 4 heteroatoms. The zero-order chi connectivity index (χ0) is 12.8. The Morgan fingerprint density at radius 2 is 2.17 bits per heavy atom. The summed E-state index contributed by atoms with van der Waals surface area (Å²) in [6.45, 7) is 6.85. The molecule has 0 bridgehead atoms. The topological polar surface area (TPSA) is 28.2 Å². The average Bonchev–Trinajstić information content (AvgIpc) is 2.39. The third-order valence-corrected chi connectivity index (χ3v) is 3.92. The van der Waals surface area contributed by atoms with Gasteiger partial charge in [-0.2, -0.15) is 0 Å². The minimum absolute atomic E-state index is 0.816. The Labute approximate surface area is 118 Å². The van der Waals surface area contributed by atoms with Crippen LogP contribution in [0.4, 0.5) is 5.69 Å². The average molecular weight is 312 g/mol. The number of pyridine rings is 1. The summed E-state index contributed by atoms with van der Waals surface area (Å²) in [5, 5.41) is 3.43. The van der Waals surface area contributed by atoms with Crippen LogP contribution in [0.3, 0.4) is 0 Å². The van der Waals surface area contributed by atoms with Gasteiger partial charge in [-0.15, -0.1) is 0 Å². The van der Waals surface area contributed by atoms with Crippen LogP contribution in [-0.4, -0.2) is 31.2 Å². The second-order valence-electron chi connectivity index (χ2n) is 5.00. The van der Waals surface area contributed by atoms with Crippen molar-refractivity contribution in [3.05, 3.63) is 22.9 Å². The van der Waals surface area contributed by atoms with Crippen molar-refractivity contribution in [3.63, 3.8) is 0 Å². The van der Waals surface area contributed by atoms with Crippen molar-refractivity contribution < 1.29 is 0 Å². The largest absolute Gasteiger partial charge is 0.370 e. The van der Waals surface area contributed by atoms with Crippen molar-refractivity contribution in [1.82, 2.24) is 10.3 Å². The minimum atomic E-state index is 0.816. The van der Waals surface area contributed by atoms with E-state index in [4.69, 9.17) is 0 Å². The smallest absolute Gasteiger partial charge is 0.0564 e. The van der Waals surface area contributed by atoms with E-state index in [1.54, 1.807) is 0 Å². The van der Waals surface area contributed by atoms with Gasteiger partial charge >= 0.3 is 0 Å². The predicted octanol–water partition coefficient (Wildman–Crippen LogP) is 3.06. The molecule has 1 N–H and O–H groups in total. The van der Waals surface area contributed by atoms with E-state index in [0.29, 0.717) is 0 Å². The first-order valence-corrected chi connectivity index (χ1v) is 7.65. The third-order valence-electron chi connectivity index (χ3n) is 3.49. The van der Waals surface area contributed by atoms with Crippen molar-refractivity contribution >= 4 is 21.6 Å². The first-order chi connectivity index (χ1) is 8.79. The fraction of sp³-hybridized carbons (Fsp3) is 0.643. The van der Waals surface area contributed by atoms with Gasteiger partial charge in [0, 0.05) is 23.8 Å². The molecule has 1 fully saturated rings. The fourth-order valence-electron chi connectivity index (χ4n) is 2.55. The summed E-state index contributed by atoms with van der Waals surface area (Å²) in [6.07, 6.45) is 7.58. The molecular weight excluding hydrogens is 290 g/mol. The Balaban J connectivity index is 2.02. The number of nitrogens with zero attached hydrogens (tertiary/aromatic N) is 2. The second-order valence-corrected chi connectivity index (χ2v) is 5.92. The van der Waals surface area contributed by atoms with Crippen LogP contribution in [0.25, 0.3) is 0 Å². The van der Waals surface area contributed by atoms with E-state index >= 15 is 0 Å². The number of piperidine rings is 1. The molecule has 1 saturated heterocycles. The molecule has 100 valence electrons. The summed E-state index contributed by atoms with van der Waals surface area (Å²) < 4.78 is 1.06. The van der Waals surface area contributed by atoms with Gasteiger partial charge in [-0.25, -0.2) is 0 Å². The molecular formula is C14H22BrN3. The molecule has 3 nitrogen and oxygen atoms in total. The molecule has 0 spiro atoms. The highest BCUT2D eigenvalue weighted by molar-refractivity contribution is 9.10. The van der Waals surface area contributed by atoms with Gasteiger partial charge in [0.1, 0.15) is 0 Å². The molecule has 1 aliphatic rings. The normalized spacial score (nSPS) is 16.8. The predicted molar refractivity (Wildman–Crippen MR) is 80.0 cm³/mol. The van der Waals surface area contributed by atoms with Gasteiger partial charge in [-0.1, -0.05) is 6.92 Å². The summed E-state index contributed by atoms with van der Waals surface area (Å²) >= 11 is 3.51. The molecule has 1 aliphatic heterocycles. The van der Waals surface area contributed by atoms with Crippen LogP contribution in [0, 0.1) is 5.92 Å². The Morgan fingerprint density at radius 1 is 1.39 bits per heavy atom. The van der Waals surface area contributed by atoms with Gasteiger partial charge in [0.05, 0.1) is 11.9 Å². The highest BCUT2D eigenvalue weighted by Crippen LogP contribution is 2.22. The molecule has 0 saturated carbocycles. The maximum atomic E-state index is 4.28. The Morgan fingerprint density at radius 3 is 2.83 bits per heavy atom. The van der Waals surface area contributed by atoms with Crippen LogP contribution in [0.5, 0.6) is 0 Å². The molecule has 2 rings (SSSR count). The first-order valence-electron chi connectivity index (χ1n) is 6.86. The molecule has 18 heavy (non-hydrogen) atoms. The molecule has 0 unspecified atom stereocenters. The molecule has 0 amide bonds. The van der Waals surface area contributed by atoms with Gasteiger partial charge in [-0.05, 0) is 60.3 Å². The van der Waals surface area contributed by atoms with Gasteiger partial charge < -0.3 is 10.2 Å². The maximum Gasteiger partial charge on any atom is 0.0564 e. The van der Waals surface area contributed by atoms with Crippen LogP contribution in [0.1, 0.15) is 26.2 Å². The number of anilines is 1. The van der Waals surface area contributed by atoms with E-state index in [1.165, 1.54) is 38.0 Å². The number of nitrogens with one attached hydrogen (secondary N) is 1. The molecule has 0 aromatic carbocycles. The summed E-state index contributed by atoms with van der Waals surface area (Å²) in [4.78, 5) is 6.76. The van der Waals surface area contributed by atoms with Crippen molar-refractivity contribution in [3.8, 4) is 0 Å². The summed E-state index contributed by atoms with van der Waals surface area (Å²) in [7, 11) is 0. The number of aromatic nitrogens is 1. The van der Waals surface area contributed by atoms with Gasteiger partial charge in [0.15, 0.2) is 0 Å². The molecule has 2 heterocycles. The van der Waals surface area contributed by atoms with Gasteiger partial charge in [-0.3, -0.25) is 4.98 Å². The van der Waals surface area contributed by atoms with Crippen molar-refractivity contribution in [2.45, 2.75) is 26.2 Å². The summed E-state index contributed by atoms with van der Waals surface area (Å²) in [5.74, 6) is 0.816. The van der Waals surface area contributed by atoms with E-state index in [9.17, 15) is 0 Å². The summed E-state index contributed by atoms with van der Waals surface area (Å²) in [5.41, 5.74) is 1.24. The van der Waals surface area contributed by atoms with Crippen LogP contribution in [-0.2, 0) is 0 Å². The molecule has 1 aromatic rings. The lowest BCUT2D eigenvalue weighted by Crippen LogP contribution is -2.36. The van der Waals surface area contributed by atoms with E-state index in [1.807, 2.05) is 12.4 Å². The quantitative estimate of drug-likeness (QED) is 0.906. The Kier molecular flexibility index (Phi) is 5.45. The van der Waals surface area contributed by atoms with Crippen LogP contribution in [0.2, 0.25) is 0 Å². The van der Waals surface area contributed by atoms with Crippen molar-refractivity contribution in [2.24, 2.45) is 5.92 Å². The Hall–Kier alpha value is -0.610. The number of halogens is 1. The van der Waals surface area contributed by atoms with E-state index < -0.39 is 0 Å². The highest BCUT2D eigenvalue weighted by atomic mass is 79.9. The van der Waals surface area contributed by atoms with Gasteiger partial charge in [0.25, 0.3) is 0 Å². The summed E-state index contributed by atoms with van der Waals surface area (Å²) in [6, 6.07) is 2.17. The Bertz CT molecular complexity index is 364. The van der Waals surface area contributed by atoms with E-state index in [-0.39, 0.29) is 0 Å². The molecule has 0 radical (unpaired) electrons. The SMILES string of the molecule is CCCN(CC1CCNCC1)c1cncc(Br)c1. The standard InChI is InChI=1S/C14H22BrN3/c1-2-7-18(11-12-3-5-16-6-4-12)14-8-13(15)9-17-10-14/h8-10,12,16H,2-7,11H2,1H3. The monoisotopic (exact) mass is 311 g/mol. The van der Waals surface area contributed by atoms with Crippen LogP contribution >= 0.6 is 15.9 Å². The molecule has 0 atom stereocenters. The number of hydrogen-bond donors (Lipinski definition) is 1. The lowest BCUT2D eigenvalue weighted by molar-refractivity contribution is 0.373. The van der Waals surface area contributed by atoms with Crippen LogP contribution < -0.4 is 10.2 Å². The molecule has 1 aromatic heterocycles. The van der Waals surface area contributed by atoms with Crippen molar-refractivity contribution in [1.29, 1.82) is 0 Å². The zero-order valence-corrected chi connectivity index (χ0v) is 12.6. The number of rotatable bonds is 5. The highest BCUT2D eigenvalue weighted by Gasteiger charge is 2.17. The molecule has 0 aliphatic carbocycles. The van der Waals surface area contributed by atoms with E-state index in [0.717, 1.165) is 23.5 Å². The zero-order valence-electron chi connectivity index (χ0n) is 11.0. The van der Waals surface area contributed by atoms with Crippen molar-refractivity contribution in [2.75, 3.05) is 31.1 Å². The van der Waals surface area contributed by atoms with Gasteiger partial charge in [0.2, 0.25) is 0 Å². The lowest BCUT2D eigenvalue weighted by atomic mass is 9.97. The number of hydrogen-bond acceptors (Lipinski definition) is 3. The lowest BCUT2D eigenvalue weighted by Gasteiger charge is -2.31. The van der Waals surface area contributed by atoms with Crippen LogP contribution in [0.15, 0.2) is 22.9 Å². The third kappa shape index (κ3) is 3.95.